The molecule has 4 heteroatoms. The van der Waals surface area contributed by atoms with Crippen LogP contribution in [-0.4, -0.2) is 12.2 Å². The van der Waals surface area contributed by atoms with Crippen LogP contribution in [0.5, 0.6) is 11.5 Å². The second kappa shape index (κ2) is 3.20. The summed E-state index contributed by atoms with van der Waals surface area (Å²) in [4.78, 5) is 0. The molecule has 0 atom stereocenters. The Kier molecular flexibility index (Phi) is 2.17. The van der Waals surface area contributed by atoms with E-state index in [4.69, 9.17) is 9.47 Å². The first-order valence-corrected chi connectivity index (χ1v) is 4.68. The summed E-state index contributed by atoms with van der Waals surface area (Å²) >= 11 is 3.31. The van der Waals surface area contributed by atoms with Crippen LogP contribution in [0.15, 0.2) is 10.5 Å². The Morgan fingerprint density at radius 2 is 2.31 bits per heavy atom. The molecule has 13 heavy (non-hydrogen) atoms. The van der Waals surface area contributed by atoms with Crippen LogP contribution in [0.4, 0.5) is 0 Å². The predicted octanol–water partition coefficient (Wildman–Crippen LogP) is 2.19. The zero-order valence-corrected chi connectivity index (χ0v) is 8.72. The minimum absolute atomic E-state index is 0.145. The summed E-state index contributed by atoms with van der Waals surface area (Å²) in [5, 5.41) is 9.63. The van der Waals surface area contributed by atoms with Gasteiger partial charge in [0.15, 0.2) is 11.5 Å². The maximum Gasteiger partial charge on any atom is 0.172 e. The minimum Gasteiger partial charge on any atom is -0.503 e. The molecular formula is C9H9BrO3. The lowest BCUT2D eigenvalue weighted by Gasteiger charge is -2.08. The third-order valence-corrected chi connectivity index (χ3v) is 2.98. The minimum atomic E-state index is 0.145. The number of halogens is 1. The van der Waals surface area contributed by atoms with Crippen molar-refractivity contribution in [3.05, 3.63) is 21.7 Å². The second-order valence-corrected chi connectivity index (χ2v) is 3.66. The molecule has 1 heterocycles. The molecule has 0 unspecified atom stereocenters. The molecule has 0 radical (unpaired) electrons. The summed E-state index contributed by atoms with van der Waals surface area (Å²) in [6, 6.07) is 1.81. The maximum absolute atomic E-state index is 9.63. The van der Waals surface area contributed by atoms with Crippen molar-refractivity contribution < 1.29 is 14.6 Å². The smallest absolute Gasteiger partial charge is 0.172 e. The molecule has 1 aromatic carbocycles. The zero-order valence-electron chi connectivity index (χ0n) is 7.13. The van der Waals surface area contributed by atoms with Gasteiger partial charge in [-0.1, -0.05) is 0 Å². The molecule has 0 aliphatic carbocycles. The molecule has 2 rings (SSSR count). The predicted molar refractivity (Wildman–Crippen MR) is 50.9 cm³/mol. The van der Waals surface area contributed by atoms with Gasteiger partial charge in [0.25, 0.3) is 0 Å². The Balaban J connectivity index is 2.61. The Bertz CT molecular complexity index is 348. The van der Waals surface area contributed by atoms with Crippen LogP contribution in [0, 0.1) is 0 Å². The standard InChI is InChI=1S/C9H9BrO3/c1-12-7-2-5-3-13-4-6(5)8(10)9(7)11/h2,11H,3-4H2,1H3. The largest absolute Gasteiger partial charge is 0.503 e. The van der Waals surface area contributed by atoms with Crippen LogP contribution in [0.3, 0.4) is 0 Å². The van der Waals surface area contributed by atoms with Crippen LogP contribution in [-0.2, 0) is 18.0 Å². The fraction of sp³-hybridized carbons (Fsp3) is 0.333. The lowest BCUT2D eigenvalue weighted by Crippen LogP contribution is -1.90. The highest BCUT2D eigenvalue weighted by Crippen LogP contribution is 2.41. The summed E-state index contributed by atoms with van der Waals surface area (Å²) < 4.78 is 10.9. The molecule has 70 valence electrons. The van der Waals surface area contributed by atoms with Gasteiger partial charge in [0.2, 0.25) is 0 Å². The third-order valence-electron chi connectivity index (χ3n) is 2.12. The van der Waals surface area contributed by atoms with Crippen molar-refractivity contribution in [3.8, 4) is 11.5 Å². The third kappa shape index (κ3) is 1.30. The van der Waals surface area contributed by atoms with E-state index < -0.39 is 0 Å². The van der Waals surface area contributed by atoms with Gasteiger partial charge in [0, 0.05) is 5.56 Å². The van der Waals surface area contributed by atoms with E-state index in [2.05, 4.69) is 15.9 Å². The zero-order chi connectivity index (χ0) is 9.42. The van der Waals surface area contributed by atoms with Crippen molar-refractivity contribution >= 4 is 15.9 Å². The van der Waals surface area contributed by atoms with Crippen LogP contribution in [0.25, 0.3) is 0 Å². The highest BCUT2D eigenvalue weighted by atomic mass is 79.9. The molecule has 1 aliphatic heterocycles. The van der Waals surface area contributed by atoms with E-state index in [0.29, 0.717) is 23.4 Å². The van der Waals surface area contributed by atoms with Gasteiger partial charge in [-0.15, -0.1) is 0 Å². The van der Waals surface area contributed by atoms with Crippen LogP contribution >= 0.6 is 15.9 Å². The van der Waals surface area contributed by atoms with E-state index in [0.717, 1.165) is 11.1 Å². The first-order valence-electron chi connectivity index (χ1n) is 3.89. The molecule has 1 N–H and O–H groups in total. The number of phenols is 1. The SMILES string of the molecule is COc1cc2c(c(Br)c1O)COC2. The van der Waals surface area contributed by atoms with Crippen molar-refractivity contribution in [2.75, 3.05) is 7.11 Å². The molecule has 0 saturated heterocycles. The Morgan fingerprint density at radius 3 is 3.00 bits per heavy atom. The summed E-state index contributed by atoms with van der Waals surface area (Å²) in [6.45, 7) is 1.14. The van der Waals surface area contributed by atoms with Crippen LogP contribution < -0.4 is 4.74 Å². The quantitative estimate of drug-likeness (QED) is 0.824. The lowest BCUT2D eigenvalue weighted by atomic mass is 10.1. The van der Waals surface area contributed by atoms with Gasteiger partial charge in [-0.3, -0.25) is 0 Å². The van der Waals surface area contributed by atoms with Gasteiger partial charge in [-0.25, -0.2) is 0 Å². The Labute approximate surface area is 84.4 Å². The average molecular weight is 245 g/mol. The van der Waals surface area contributed by atoms with Gasteiger partial charge < -0.3 is 14.6 Å². The topological polar surface area (TPSA) is 38.7 Å². The van der Waals surface area contributed by atoms with Crippen molar-refractivity contribution in [2.45, 2.75) is 13.2 Å². The number of hydrogen-bond donors (Lipinski definition) is 1. The molecule has 0 amide bonds. The molecule has 1 aliphatic rings. The highest BCUT2D eigenvalue weighted by molar-refractivity contribution is 9.10. The summed E-state index contributed by atoms with van der Waals surface area (Å²) in [5.74, 6) is 0.628. The van der Waals surface area contributed by atoms with E-state index in [1.807, 2.05) is 6.07 Å². The normalized spacial score (nSPS) is 14.3. The number of hydrogen-bond acceptors (Lipinski definition) is 3. The molecule has 0 fully saturated rings. The molecule has 0 saturated carbocycles. The van der Waals surface area contributed by atoms with Gasteiger partial charge in [0.05, 0.1) is 24.8 Å². The van der Waals surface area contributed by atoms with Gasteiger partial charge in [-0.2, -0.15) is 0 Å². The average Bonchev–Trinajstić information content (AvgIpc) is 2.59. The number of aromatic hydroxyl groups is 1. The first kappa shape index (κ1) is 8.84. The van der Waals surface area contributed by atoms with Crippen LogP contribution in [0.1, 0.15) is 11.1 Å². The summed E-state index contributed by atoms with van der Waals surface area (Å²) in [7, 11) is 1.53. The molecule has 3 nitrogen and oxygen atoms in total. The van der Waals surface area contributed by atoms with Gasteiger partial charge in [0.1, 0.15) is 0 Å². The maximum atomic E-state index is 9.63. The first-order chi connectivity index (χ1) is 6.24. The lowest BCUT2D eigenvalue weighted by molar-refractivity contribution is 0.134. The van der Waals surface area contributed by atoms with Gasteiger partial charge >= 0.3 is 0 Å². The van der Waals surface area contributed by atoms with Crippen molar-refractivity contribution in [1.82, 2.24) is 0 Å². The van der Waals surface area contributed by atoms with E-state index in [-0.39, 0.29) is 5.75 Å². The van der Waals surface area contributed by atoms with Gasteiger partial charge in [-0.05, 0) is 27.6 Å². The number of benzene rings is 1. The number of fused-ring (bicyclic) bond motifs is 1. The molecule has 1 aromatic rings. The monoisotopic (exact) mass is 244 g/mol. The van der Waals surface area contributed by atoms with Crippen LogP contribution in [0.2, 0.25) is 0 Å². The fourth-order valence-corrected chi connectivity index (χ4v) is 1.97. The van der Waals surface area contributed by atoms with E-state index in [1.54, 1.807) is 0 Å². The molecular weight excluding hydrogens is 236 g/mol. The number of ether oxygens (including phenoxy) is 2. The number of phenolic OH excluding ortho intramolecular Hbond substituents is 1. The van der Waals surface area contributed by atoms with E-state index in [1.165, 1.54) is 7.11 Å². The van der Waals surface area contributed by atoms with Crippen molar-refractivity contribution in [3.63, 3.8) is 0 Å². The fourth-order valence-electron chi connectivity index (χ4n) is 1.41. The molecule has 0 spiro atoms. The Morgan fingerprint density at radius 1 is 1.54 bits per heavy atom. The van der Waals surface area contributed by atoms with E-state index in [9.17, 15) is 5.11 Å². The molecule has 0 aromatic heterocycles. The highest BCUT2D eigenvalue weighted by Gasteiger charge is 2.20. The van der Waals surface area contributed by atoms with Crippen molar-refractivity contribution in [2.24, 2.45) is 0 Å². The number of rotatable bonds is 1. The summed E-state index contributed by atoms with van der Waals surface area (Å²) in [6.07, 6.45) is 0. The van der Waals surface area contributed by atoms with Crippen molar-refractivity contribution in [1.29, 1.82) is 0 Å². The number of methoxy groups -OCH3 is 1. The van der Waals surface area contributed by atoms with E-state index >= 15 is 0 Å². The second-order valence-electron chi connectivity index (χ2n) is 2.87. The summed E-state index contributed by atoms with van der Waals surface area (Å²) in [5.41, 5.74) is 2.08. The Hall–Kier alpha value is -0.740. The molecule has 0 bridgehead atoms.